The van der Waals surface area contributed by atoms with Crippen molar-refractivity contribution in [1.29, 1.82) is 0 Å². The molecule has 0 atom stereocenters. The van der Waals surface area contributed by atoms with Crippen LogP contribution in [0.25, 0.3) is 31.7 Å². The Morgan fingerprint density at radius 2 is 1.88 bits per heavy atom. The number of fused-ring (bicyclic) bond motifs is 2. The van der Waals surface area contributed by atoms with E-state index in [0.717, 1.165) is 15.6 Å². The summed E-state index contributed by atoms with van der Waals surface area (Å²) in [7, 11) is 1.57. The molecule has 0 unspecified atom stereocenters. The third kappa shape index (κ3) is 6.43. The maximum absolute atomic E-state index is 15.2. The molecule has 14 heteroatoms. The normalized spacial score (nSPS) is 11.1. The van der Waals surface area contributed by atoms with Crippen molar-refractivity contribution in [3.63, 3.8) is 0 Å². The molecule has 0 aliphatic heterocycles. The average molecular weight is 614 g/mol. The van der Waals surface area contributed by atoms with E-state index in [0.29, 0.717) is 38.8 Å². The van der Waals surface area contributed by atoms with Crippen LogP contribution < -0.4 is 19.5 Å². The van der Waals surface area contributed by atoms with Crippen molar-refractivity contribution in [3.8, 4) is 28.1 Å². The van der Waals surface area contributed by atoms with Crippen molar-refractivity contribution in [2.45, 2.75) is 13.3 Å². The number of methoxy groups -OCH3 is 1. The summed E-state index contributed by atoms with van der Waals surface area (Å²) in [6.07, 6.45) is 4.01. The van der Waals surface area contributed by atoms with Crippen molar-refractivity contribution in [3.05, 3.63) is 59.3 Å². The zero-order chi connectivity index (χ0) is 29.6. The topological polar surface area (TPSA) is 138 Å². The number of aliphatic hydroxyl groups is 1. The van der Waals surface area contributed by atoms with Gasteiger partial charge in [-0.25, -0.2) is 24.1 Å². The van der Waals surface area contributed by atoms with Crippen molar-refractivity contribution >= 4 is 55.8 Å². The van der Waals surface area contributed by atoms with E-state index in [1.54, 1.807) is 25.4 Å². The molecule has 0 bridgehead atoms. The van der Waals surface area contributed by atoms with E-state index in [1.807, 2.05) is 13.0 Å². The first-order valence-corrected chi connectivity index (χ1v) is 14.0. The summed E-state index contributed by atoms with van der Waals surface area (Å²) in [5, 5.41) is 13.2. The van der Waals surface area contributed by atoms with Gasteiger partial charge in [0.25, 0.3) is 0 Å². The first-order chi connectivity index (χ1) is 20.4. The number of anilines is 1. The van der Waals surface area contributed by atoms with Gasteiger partial charge in [0.2, 0.25) is 0 Å². The van der Waals surface area contributed by atoms with E-state index >= 15 is 4.39 Å². The lowest BCUT2D eigenvalue weighted by molar-refractivity contribution is 0.136. The fraction of sp³-hybridized carbons (Fsp3) is 0.250. The minimum Gasteiger partial charge on any atom is -0.495 e. The van der Waals surface area contributed by atoms with Crippen molar-refractivity contribution in [2.75, 3.05) is 38.9 Å². The van der Waals surface area contributed by atoms with E-state index in [2.05, 4.69) is 20.3 Å². The molecule has 0 spiro atoms. The Balaban J connectivity index is 1.29. The largest absolute Gasteiger partial charge is 0.495 e. The fourth-order valence-corrected chi connectivity index (χ4v) is 5.56. The number of thiazole rings is 1. The SMILES string of the molecule is CCc1c(OCCOC(=O)Nc2cnc(OCCO)nc2)c(F)cc2nc(-c3cc(Cl)cc4cc(OC)cnc34)sc12. The summed E-state index contributed by atoms with van der Waals surface area (Å²) >= 11 is 7.80. The Morgan fingerprint density at radius 3 is 2.62 bits per heavy atom. The Bertz CT molecular complexity index is 1740. The van der Waals surface area contributed by atoms with Gasteiger partial charge in [0.15, 0.2) is 11.6 Å². The number of aromatic nitrogens is 4. The summed E-state index contributed by atoms with van der Waals surface area (Å²) in [6, 6.07) is 6.82. The molecule has 0 radical (unpaired) electrons. The van der Waals surface area contributed by atoms with Crippen LogP contribution in [0.3, 0.4) is 0 Å². The smallest absolute Gasteiger partial charge is 0.411 e. The number of aliphatic hydroxyl groups excluding tert-OH is 1. The zero-order valence-corrected chi connectivity index (χ0v) is 24.1. The van der Waals surface area contributed by atoms with Gasteiger partial charge in [-0.15, -0.1) is 11.3 Å². The van der Waals surface area contributed by atoms with Crippen LogP contribution in [-0.2, 0) is 11.2 Å². The predicted octanol–water partition coefficient (Wildman–Crippen LogP) is 5.66. The molecule has 5 rings (SSSR count). The molecule has 1 amide bonds. The number of hydrogen-bond acceptors (Lipinski definition) is 11. The maximum Gasteiger partial charge on any atom is 0.411 e. The van der Waals surface area contributed by atoms with Gasteiger partial charge in [0, 0.05) is 27.6 Å². The Kier molecular flexibility index (Phi) is 9.10. The van der Waals surface area contributed by atoms with E-state index < -0.39 is 11.9 Å². The number of halogens is 2. The van der Waals surface area contributed by atoms with E-state index in [9.17, 15) is 4.79 Å². The van der Waals surface area contributed by atoms with Gasteiger partial charge in [-0.1, -0.05) is 18.5 Å². The quantitative estimate of drug-likeness (QED) is 0.179. The lowest BCUT2D eigenvalue weighted by Crippen LogP contribution is -2.18. The van der Waals surface area contributed by atoms with E-state index in [1.165, 1.54) is 29.8 Å². The van der Waals surface area contributed by atoms with Gasteiger partial charge < -0.3 is 24.1 Å². The van der Waals surface area contributed by atoms with Crippen LogP contribution in [0, 0.1) is 5.82 Å². The Labute approximate surface area is 248 Å². The second-order valence-corrected chi connectivity index (χ2v) is 10.2. The summed E-state index contributed by atoms with van der Waals surface area (Å²) < 4.78 is 37.2. The zero-order valence-electron chi connectivity index (χ0n) is 22.5. The number of rotatable bonds is 11. The minimum absolute atomic E-state index is 0.0544. The molecule has 0 aliphatic rings. The molecule has 0 saturated heterocycles. The van der Waals surface area contributed by atoms with Gasteiger partial charge in [-0.3, -0.25) is 10.3 Å². The van der Waals surface area contributed by atoms with Gasteiger partial charge in [-0.05, 0) is 24.6 Å². The molecular formula is C28H25ClFN5O6S. The van der Waals surface area contributed by atoms with Crippen LogP contribution in [0.15, 0.2) is 42.9 Å². The molecule has 0 saturated carbocycles. The molecule has 5 aromatic rings. The van der Waals surface area contributed by atoms with E-state index in [-0.39, 0.29) is 43.9 Å². The number of hydrogen-bond donors (Lipinski definition) is 2. The van der Waals surface area contributed by atoms with Gasteiger partial charge in [0.1, 0.15) is 30.6 Å². The molecule has 3 aromatic heterocycles. The number of amides is 1. The van der Waals surface area contributed by atoms with Crippen molar-refractivity contribution < 1.29 is 33.2 Å². The van der Waals surface area contributed by atoms with Gasteiger partial charge >= 0.3 is 12.1 Å². The standard InChI is InChI=1S/C28H25ClFN5O6S/c1-3-19-24(39-6-7-41-28(37)34-17-12-32-27(33-13-17)40-5-4-36)21(30)11-22-25(19)42-26(35-22)20-10-16(29)8-15-9-18(38-2)14-31-23(15)20/h8-14,36H,3-7H2,1-2H3,(H,34,37). The lowest BCUT2D eigenvalue weighted by Gasteiger charge is -2.12. The number of carbonyl (C=O) groups is 1. The first-order valence-electron chi connectivity index (χ1n) is 12.8. The van der Waals surface area contributed by atoms with Crippen LogP contribution in [0.1, 0.15) is 12.5 Å². The molecule has 0 aliphatic carbocycles. The Morgan fingerprint density at radius 1 is 1.07 bits per heavy atom. The number of carbonyl (C=O) groups excluding carboxylic acids is 1. The van der Waals surface area contributed by atoms with Crippen molar-refractivity contribution in [1.82, 2.24) is 19.9 Å². The van der Waals surface area contributed by atoms with Gasteiger partial charge in [-0.2, -0.15) is 0 Å². The van der Waals surface area contributed by atoms with Gasteiger partial charge in [0.05, 0.1) is 53.7 Å². The molecule has 42 heavy (non-hydrogen) atoms. The molecule has 218 valence electrons. The summed E-state index contributed by atoms with van der Waals surface area (Å²) in [6.45, 7) is 1.56. The number of nitrogens with zero attached hydrogens (tertiary/aromatic N) is 4. The first kappa shape index (κ1) is 29.2. The summed E-state index contributed by atoms with van der Waals surface area (Å²) in [5.74, 6) is 0.113. The van der Waals surface area contributed by atoms with Crippen LogP contribution in [0.5, 0.6) is 17.5 Å². The maximum atomic E-state index is 15.2. The fourth-order valence-electron chi connectivity index (χ4n) is 4.16. The monoisotopic (exact) mass is 613 g/mol. The number of nitrogens with one attached hydrogen (secondary N) is 1. The minimum atomic E-state index is -0.759. The summed E-state index contributed by atoms with van der Waals surface area (Å²) in [4.78, 5) is 29.2. The lowest BCUT2D eigenvalue weighted by atomic mass is 10.1. The van der Waals surface area contributed by atoms with Crippen LogP contribution in [0.4, 0.5) is 14.9 Å². The third-order valence-corrected chi connectivity index (χ3v) is 7.37. The second kappa shape index (κ2) is 13.1. The van der Waals surface area contributed by atoms with Crippen LogP contribution >= 0.6 is 22.9 Å². The van der Waals surface area contributed by atoms with Crippen LogP contribution in [-0.4, -0.2) is 64.7 Å². The molecule has 11 nitrogen and oxygen atoms in total. The van der Waals surface area contributed by atoms with Crippen molar-refractivity contribution in [2.24, 2.45) is 0 Å². The molecule has 0 fully saturated rings. The second-order valence-electron chi connectivity index (χ2n) is 8.72. The third-order valence-electron chi connectivity index (χ3n) is 5.98. The number of aryl methyl sites for hydroxylation is 1. The predicted molar refractivity (Wildman–Crippen MR) is 156 cm³/mol. The molecular weight excluding hydrogens is 589 g/mol. The number of ether oxygens (including phenoxy) is 4. The highest BCUT2D eigenvalue weighted by atomic mass is 35.5. The molecule has 2 N–H and O–H groups in total. The Hall–Kier alpha value is -4.33. The summed E-state index contributed by atoms with van der Waals surface area (Å²) in [5.41, 5.74) is 2.85. The van der Waals surface area contributed by atoms with Crippen LogP contribution in [0.2, 0.25) is 5.02 Å². The molecule has 2 aromatic carbocycles. The highest BCUT2D eigenvalue weighted by molar-refractivity contribution is 7.22. The highest BCUT2D eigenvalue weighted by Gasteiger charge is 2.20. The van der Waals surface area contributed by atoms with E-state index in [4.69, 9.17) is 40.6 Å². The highest BCUT2D eigenvalue weighted by Crippen LogP contribution is 2.41. The number of pyridine rings is 1. The average Bonchev–Trinajstić information content (AvgIpc) is 3.41. The number of benzene rings is 2. The molecule has 3 heterocycles.